The Hall–Kier alpha value is -2.96. The van der Waals surface area contributed by atoms with Gasteiger partial charge in [-0.25, -0.2) is 13.1 Å². The molecule has 6 heteroatoms. The predicted molar refractivity (Wildman–Crippen MR) is 135 cm³/mol. The average molecular weight is 465 g/mol. The molecule has 0 heterocycles. The fraction of sp³-hybridized carbons (Fsp3) is 0.296. The SMILES string of the molecule is CCc1cc(CNS(=O)(=O)C(CC)c2ccc(C)c(C)c2)ccc1NC(=O)c1ccccc1. The van der Waals surface area contributed by atoms with Gasteiger partial charge in [-0.1, -0.05) is 62.4 Å². The van der Waals surface area contributed by atoms with Crippen molar-refractivity contribution in [2.45, 2.75) is 52.3 Å². The number of nitrogens with one attached hydrogen (secondary N) is 2. The van der Waals surface area contributed by atoms with Gasteiger partial charge in [-0.15, -0.1) is 0 Å². The predicted octanol–water partition coefficient (Wildman–Crippen LogP) is 5.69. The van der Waals surface area contributed by atoms with Crippen LogP contribution in [0.2, 0.25) is 0 Å². The van der Waals surface area contributed by atoms with Crippen molar-refractivity contribution in [2.24, 2.45) is 0 Å². The van der Waals surface area contributed by atoms with Gasteiger partial charge in [0.15, 0.2) is 0 Å². The summed E-state index contributed by atoms with van der Waals surface area (Å²) in [5, 5.41) is 2.35. The van der Waals surface area contributed by atoms with Crippen LogP contribution in [0.25, 0.3) is 0 Å². The lowest BCUT2D eigenvalue weighted by Crippen LogP contribution is -2.29. The van der Waals surface area contributed by atoms with E-state index >= 15 is 0 Å². The smallest absolute Gasteiger partial charge is 0.255 e. The molecule has 3 aromatic carbocycles. The van der Waals surface area contributed by atoms with E-state index in [0.717, 1.165) is 33.5 Å². The molecule has 174 valence electrons. The quantitative estimate of drug-likeness (QED) is 0.427. The second-order valence-corrected chi connectivity index (χ2v) is 10.2. The second-order valence-electron chi connectivity index (χ2n) is 8.27. The molecule has 0 radical (unpaired) electrons. The Morgan fingerprint density at radius 1 is 0.909 bits per heavy atom. The number of amides is 1. The molecule has 0 saturated carbocycles. The minimum atomic E-state index is -3.56. The Kier molecular flexibility index (Phi) is 8.06. The first-order valence-electron chi connectivity index (χ1n) is 11.3. The van der Waals surface area contributed by atoms with Gasteiger partial charge < -0.3 is 5.32 Å². The first-order valence-corrected chi connectivity index (χ1v) is 12.8. The fourth-order valence-corrected chi connectivity index (χ4v) is 5.35. The van der Waals surface area contributed by atoms with Gasteiger partial charge in [-0.05, 0) is 72.7 Å². The first-order chi connectivity index (χ1) is 15.7. The molecule has 0 aromatic heterocycles. The molecule has 0 saturated heterocycles. The third kappa shape index (κ3) is 6.09. The van der Waals surface area contributed by atoms with Gasteiger partial charge in [0.05, 0.1) is 0 Å². The molecule has 0 spiro atoms. The minimum Gasteiger partial charge on any atom is -0.322 e. The Bertz CT molecular complexity index is 1220. The van der Waals surface area contributed by atoms with Gasteiger partial charge >= 0.3 is 0 Å². The summed E-state index contributed by atoms with van der Waals surface area (Å²) in [6, 6.07) is 20.5. The number of carbonyl (C=O) groups excluding carboxylic acids is 1. The summed E-state index contributed by atoms with van der Waals surface area (Å²) in [4.78, 5) is 12.5. The molecule has 1 atom stereocenters. The van der Waals surface area contributed by atoms with Crippen molar-refractivity contribution in [1.29, 1.82) is 0 Å². The number of anilines is 1. The zero-order chi connectivity index (χ0) is 24.0. The average Bonchev–Trinajstić information content (AvgIpc) is 2.81. The molecule has 2 N–H and O–H groups in total. The van der Waals surface area contributed by atoms with Crippen LogP contribution >= 0.6 is 0 Å². The molecule has 0 aliphatic carbocycles. The van der Waals surface area contributed by atoms with Crippen molar-refractivity contribution >= 4 is 21.6 Å². The number of sulfonamides is 1. The monoisotopic (exact) mass is 464 g/mol. The summed E-state index contributed by atoms with van der Waals surface area (Å²) in [6.07, 6.45) is 1.20. The molecule has 33 heavy (non-hydrogen) atoms. The number of benzene rings is 3. The van der Waals surface area contributed by atoms with Crippen molar-refractivity contribution in [3.8, 4) is 0 Å². The molecule has 5 nitrogen and oxygen atoms in total. The van der Waals surface area contributed by atoms with Crippen molar-refractivity contribution < 1.29 is 13.2 Å². The summed E-state index contributed by atoms with van der Waals surface area (Å²) in [5.74, 6) is -0.169. The Labute approximate surface area is 197 Å². The van der Waals surface area contributed by atoms with Crippen LogP contribution < -0.4 is 10.0 Å². The van der Waals surface area contributed by atoms with Crippen LogP contribution in [-0.2, 0) is 23.0 Å². The third-order valence-electron chi connectivity index (χ3n) is 5.96. The van der Waals surface area contributed by atoms with Crippen LogP contribution in [0.3, 0.4) is 0 Å². The van der Waals surface area contributed by atoms with Gasteiger partial charge in [0.1, 0.15) is 5.25 Å². The fourth-order valence-electron chi connectivity index (χ4n) is 3.84. The molecule has 1 amide bonds. The van der Waals surface area contributed by atoms with E-state index in [4.69, 9.17) is 0 Å². The summed E-state index contributed by atoms with van der Waals surface area (Å²) >= 11 is 0. The second kappa shape index (κ2) is 10.8. The van der Waals surface area contributed by atoms with E-state index in [0.29, 0.717) is 18.4 Å². The van der Waals surface area contributed by atoms with Crippen LogP contribution in [0.1, 0.15) is 63.7 Å². The molecular weight excluding hydrogens is 432 g/mol. The summed E-state index contributed by atoms with van der Waals surface area (Å²) in [6.45, 7) is 8.11. The van der Waals surface area contributed by atoms with Gasteiger partial charge in [0.25, 0.3) is 5.91 Å². The number of rotatable bonds is 9. The standard InChI is InChI=1S/C27H32N2O3S/c1-5-22-17-21(13-15-25(22)29-27(30)23-10-8-7-9-11-23)18-28-33(31,32)26(6-2)24-14-12-19(3)20(4)16-24/h7-17,26,28H,5-6,18H2,1-4H3,(H,29,30). The summed E-state index contributed by atoms with van der Waals surface area (Å²) in [7, 11) is -3.56. The lowest BCUT2D eigenvalue weighted by atomic mass is 10.0. The lowest BCUT2D eigenvalue weighted by Gasteiger charge is -2.19. The topological polar surface area (TPSA) is 75.3 Å². The van der Waals surface area contributed by atoms with Crippen molar-refractivity contribution in [3.63, 3.8) is 0 Å². The largest absolute Gasteiger partial charge is 0.322 e. The Morgan fingerprint density at radius 2 is 1.64 bits per heavy atom. The van der Waals surface area contributed by atoms with Crippen molar-refractivity contribution in [2.75, 3.05) is 5.32 Å². The molecule has 0 aliphatic rings. The number of hydrogen-bond donors (Lipinski definition) is 2. The van der Waals surface area contributed by atoms with E-state index in [1.54, 1.807) is 12.1 Å². The summed E-state index contributed by atoms with van der Waals surface area (Å²) in [5.41, 5.74) is 6.17. The molecule has 3 aromatic rings. The molecule has 0 bridgehead atoms. The highest BCUT2D eigenvalue weighted by Gasteiger charge is 2.25. The maximum Gasteiger partial charge on any atom is 0.255 e. The number of hydrogen-bond acceptors (Lipinski definition) is 3. The number of carbonyl (C=O) groups is 1. The zero-order valence-corrected chi connectivity index (χ0v) is 20.5. The van der Waals surface area contributed by atoms with Crippen LogP contribution in [0.15, 0.2) is 66.7 Å². The highest BCUT2D eigenvalue weighted by Crippen LogP contribution is 2.27. The first kappa shape index (κ1) is 24.7. The highest BCUT2D eigenvalue weighted by molar-refractivity contribution is 7.89. The van der Waals surface area contributed by atoms with E-state index in [1.165, 1.54) is 0 Å². The minimum absolute atomic E-state index is 0.169. The normalized spacial score (nSPS) is 12.4. The molecule has 0 fully saturated rings. The maximum absolute atomic E-state index is 13.1. The highest BCUT2D eigenvalue weighted by atomic mass is 32.2. The van der Waals surface area contributed by atoms with E-state index in [2.05, 4.69) is 10.0 Å². The van der Waals surface area contributed by atoms with Crippen LogP contribution in [0, 0.1) is 13.8 Å². The van der Waals surface area contributed by atoms with Gasteiger partial charge in [-0.2, -0.15) is 0 Å². The molecule has 1 unspecified atom stereocenters. The van der Waals surface area contributed by atoms with Gasteiger partial charge in [-0.3, -0.25) is 4.79 Å². The molecular formula is C27H32N2O3S. The van der Waals surface area contributed by atoms with Crippen LogP contribution in [-0.4, -0.2) is 14.3 Å². The lowest BCUT2D eigenvalue weighted by molar-refractivity contribution is 0.102. The van der Waals surface area contributed by atoms with Crippen LogP contribution in [0.4, 0.5) is 5.69 Å². The Morgan fingerprint density at radius 3 is 2.27 bits per heavy atom. The van der Waals surface area contributed by atoms with Crippen molar-refractivity contribution in [3.05, 3.63) is 100 Å². The number of aryl methyl sites for hydroxylation is 3. The van der Waals surface area contributed by atoms with E-state index in [9.17, 15) is 13.2 Å². The third-order valence-corrected chi connectivity index (χ3v) is 7.86. The summed E-state index contributed by atoms with van der Waals surface area (Å²) < 4.78 is 29.0. The van der Waals surface area contributed by atoms with Gasteiger partial charge in [0.2, 0.25) is 10.0 Å². The maximum atomic E-state index is 13.1. The zero-order valence-electron chi connectivity index (χ0n) is 19.7. The van der Waals surface area contributed by atoms with E-state index < -0.39 is 15.3 Å². The van der Waals surface area contributed by atoms with E-state index in [-0.39, 0.29) is 12.5 Å². The van der Waals surface area contributed by atoms with Gasteiger partial charge in [0, 0.05) is 17.8 Å². The van der Waals surface area contributed by atoms with Crippen molar-refractivity contribution in [1.82, 2.24) is 4.72 Å². The van der Waals surface area contributed by atoms with E-state index in [1.807, 2.05) is 82.3 Å². The Balaban J connectivity index is 1.73. The molecule has 0 aliphatic heterocycles. The van der Waals surface area contributed by atoms with Crippen LogP contribution in [0.5, 0.6) is 0 Å². The molecule has 3 rings (SSSR count).